The van der Waals surface area contributed by atoms with Crippen LogP contribution >= 0.6 is 0 Å². The van der Waals surface area contributed by atoms with Gasteiger partial charge in [-0.05, 0) is 74.2 Å². The van der Waals surface area contributed by atoms with E-state index in [1.807, 2.05) is 26.0 Å². The van der Waals surface area contributed by atoms with Crippen LogP contribution in [-0.4, -0.2) is 35.2 Å². The number of phenols is 1. The van der Waals surface area contributed by atoms with Gasteiger partial charge in [-0.2, -0.15) is 26.3 Å². The number of nitrogens with zero attached hydrogens (tertiary/aromatic N) is 1. The van der Waals surface area contributed by atoms with Crippen LogP contribution in [0, 0.1) is 17.8 Å². The molecule has 1 aliphatic carbocycles. The maximum atomic E-state index is 13.9. The molecule has 2 N–H and O–H groups in total. The Morgan fingerprint density at radius 2 is 1.63 bits per heavy atom. The van der Waals surface area contributed by atoms with Crippen molar-refractivity contribution in [2.75, 3.05) is 4.90 Å². The Kier molecular flexibility index (Phi) is 9.48. The molecule has 5 rings (SSSR count). The zero-order valence-electron chi connectivity index (χ0n) is 25.3. The van der Waals surface area contributed by atoms with Crippen molar-refractivity contribution in [2.45, 2.75) is 77.1 Å². The van der Waals surface area contributed by atoms with E-state index in [-0.39, 0.29) is 24.6 Å². The van der Waals surface area contributed by atoms with Crippen LogP contribution < -0.4 is 4.90 Å². The number of allylic oxidation sites excluding steroid dienone is 2. The molecule has 246 valence electrons. The summed E-state index contributed by atoms with van der Waals surface area (Å²) in [4.78, 5) is 28.0. The van der Waals surface area contributed by atoms with Gasteiger partial charge in [-0.15, -0.1) is 0 Å². The zero-order valence-corrected chi connectivity index (χ0v) is 25.3. The number of imide groups is 1. The first-order valence-corrected chi connectivity index (χ1v) is 15.3. The van der Waals surface area contributed by atoms with Gasteiger partial charge in [0.25, 0.3) is 0 Å². The molecular formula is C33H34BF6NO5. The van der Waals surface area contributed by atoms with E-state index in [0.717, 1.165) is 29.6 Å². The third-order valence-electron chi connectivity index (χ3n) is 9.16. The van der Waals surface area contributed by atoms with Crippen LogP contribution in [0.4, 0.5) is 32.0 Å². The molecule has 2 amide bonds. The second-order valence-corrected chi connectivity index (χ2v) is 12.1. The lowest BCUT2D eigenvalue weighted by Crippen LogP contribution is -2.46. The van der Waals surface area contributed by atoms with Crippen LogP contribution in [0.5, 0.6) is 5.75 Å². The Bertz CT molecular complexity index is 1540. The fraction of sp³-hybridized carbons (Fsp3) is 0.455. The summed E-state index contributed by atoms with van der Waals surface area (Å²) < 4.78 is 87.7. The molecule has 0 spiro atoms. The predicted molar refractivity (Wildman–Crippen MR) is 159 cm³/mol. The van der Waals surface area contributed by atoms with Crippen molar-refractivity contribution < 1.29 is 50.7 Å². The van der Waals surface area contributed by atoms with E-state index in [2.05, 4.69) is 0 Å². The standard InChI is InChI=1S/C33H34BF6NO5/c1-3-7-18(12-20-8-5-6-9-26(20)42)10-11-27-28-19(4-2)13-24-29(25(28)17-34(45)46-27)31(44)41(30(24)43)23-15-21(32(35,36)37)14-22(16-23)33(38,39)40/h5-6,8-9,12,14-16,24-25,27,29,42,45H,3-4,7,10-11,13,17H2,1-2H3/b18-12+/t24-,25+,27-,29-/m1/s1. The third-order valence-corrected chi connectivity index (χ3v) is 9.16. The van der Waals surface area contributed by atoms with E-state index >= 15 is 0 Å². The van der Waals surface area contributed by atoms with Gasteiger partial charge in [0.1, 0.15) is 5.75 Å². The molecule has 0 radical (unpaired) electrons. The van der Waals surface area contributed by atoms with Gasteiger partial charge in [-0.1, -0.05) is 55.7 Å². The van der Waals surface area contributed by atoms with Crippen LogP contribution in [0.2, 0.25) is 6.32 Å². The number of hydrogen-bond acceptors (Lipinski definition) is 5. The fourth-order valence-corrected chi connectivity index (χ4v) is 7.16. The number of rotatable bonds is 8. The lowest BCUT2D eigenvalue weighted by Gasteiger charge is -2.43. The van der Waals surface area contributed by atoms with Crippen LogP contribution in [-0.2, 0) is 26.6 Å². The molecule has 2 fully saturated rings. The topological polar surface area (TPSA) is 87.1 Å². The summed E-state index contributed by atoms with van der Waals surface area (Å²) in [6, 6.07) is 7.65. The number of phenolic OH excluding ortho intramolecular Hbond substituents is 1. The number of alkyl halides is 6. The summed E-state index contributed by atoms with van der Waals surface area (Å²) in [6.07, 6.45) is -5.98. The average molecular weight is 649 g/mol. The van der Waals surface area contributed by atoms with Gasteiger partial charge >= 0.3 is 19.5 Å². The summed E-state index contributed by atoms with van der Waals surface area (Å²) in [5.41, 5.74) is -0.762. The molecule has 13 heteroatoms. The number of anilines is 1. The van der Waals surface area contributed by atoms with Gasteiger partial charge in [0, 0.05) is 5.56 Å². The number of benzene rings is 2. The number of para-hydroxylation sites is 1. The van der Waals surface area contributed by atoms with E-state index in [1.165, 1.54) is 0 Å². The molecular weight excluding hydrogens is 615 g/mol. The molecule has 3 aliphatic rings. The van der Waals surface area contributed by atoms with Gasteiger partial charge in [0.05, 0.1) is 34.8 Å². The number of amides is 2. The van der Waals surface area contributed by atoms with Gasteiger partial charge in [-0.25, -0.2) is 4.90 Å². The zero-order chi connectivity index (χ0) is 33.6. The molecule has 2 aliphatic heterocycles. The Balaban J connectivity index is 1.48. The molecule has 0 bridgehead atoms. The number of aromatic hydroxyl groups is 1. The van der Waals surface area contributed by atoms with Crippen molar-refractivity contribution in [3.8, 4) is 5.75 Å². The summed E-state index contributed by atoms with van der Waals surface area (Å²) in [5.74, 6) is -4.38. The smallest absolute Gasteiger partial charge is 0.455 e. The summed E-state index contributed by atoms with van der Waals surface area (Å²) >= 11 is 0. The second kappa shape index (κ2) is 12.9. The molecule has 6 nitrogen and oxygen atoms in total. The van der Waals surface area contributed by atoms with Gasteiger partial charge < -0.3 is 14.8 Å². The molecule has 2 heterocycles. The highest BCUT2D eigenvalue weighted by Crippen LogP contribution is 2.52. The van der Waals surface area contributed by atoms with E-state index in [4.69, 9.17) is 4.65 Å². The summed E-state index contributed by atoms with van der Waals surface area (Å²) in [5, 5.41) is 21.0. The largest absolute Gasteiger partial charge is 0.507 e. The first-order valence-electron chi connectivity index (χ1n) is 15.3. The van der Waals surface area contributed by atoms with Crippen molar-refractivity contribution in [1.82, 2.24) is 0 Å². The minimum Gasteiger partial charge on any atom is -0.507 e. The van der Waals surface area contributed by atoms with Crippen LogP contribution in [0.25, 0.3) is 6.08 Å². The monoisotopic (exact) mass is 649 g/mol. The number of halogens is 6. The fourth-order valence-electron chi connectivity index (χ4n) is 7.16. The maximum absolute atomic E-state index is 13.9. The first kappa shape index (κ1) is 33.8. The third kappa shape index (κ3) is 6.62. The van der Waals surface area contributed by atoms with E-state index in [9.17, 15) is 46.1 Å². The summed E-state index contributed by atoms with van der Waals surface area (Å²) in [7, 11) is -1.30. The van der Waals surface area contributed by atoms with Crippen molar-refractivity contribution >= 4 is 30.7 Å². The SMILES string of the molecule is CCC/C(=C\c1ccccc1O)CC[C@H]1OB(O)C[C@H]2C1=C(CC)C[C@H]1C(=O)N(c3cc(C(F)(F)F)cc(C(F)(F)F)c3)C(=O)[C@H]12. The normalized spacial score (nSPS) is 24.1. The van der Waals surface area contributed by atoms with Crippen LogP contribution in [0.3, 0.4) is 0 Å². The lowest BCUT2D eigenvalue weighted by atomic mass is 9.58. The highest BCUT2D eigenvalue weighted by atomic mass is 19.4. The molecule has 0 unspecified atom stereocenters. The highest BCUT2D eigenvalue weighted by molar-refractivity contribution is 6.43. The number of carbonyl (C=O) groups excluding carboxylic acids is 2. The van der Waals surface area contributed by atoms with Crippen molar-refractivity contribution in [1.29, 1.82) is 0 Å². The molecule has 2 aromatic rings. The molecule has 46 heavy (non-hydrogen) atoms. The quantitative estimate of drug-likeness (QED) is 0.132. The molecule has 0 aromatic heterocycles. The van der Waals surface area contributed by atoms with Crippen molar-refractivity contribution in [3.63, 3.8) is 0 Å². The number of fused-ring (bicyclic) bond motifs is 3. The van der Waals surface area contributed by atoms with E-state index in [0.29, 0.717) is 41.9 Å². The predicted octanol–water partition coefficient (Wildman–Crippen LogP) is 7.81. The Hall–Kier alpha value is -3.58. The summed E-state index contributed by atoms with van der Waals surface area (Å²) in [6.45, 7) is 3.88. The van der Waals surface area contributed by atoms with Crippen LogP contribution in [0.1, 0.15) is 69.1 Å². The second-order valence-electron chi connectivity index (χ2n) is 12.1. The molecule has 2 aromatic carbocycles. The van der Waals surface area contributed by atoms with Crippen molar-refractivity contribution in [2.24, 2.45) is 17.8 Å². The number of carbonyl (C=O) groups is 2. The molecule has 2 saturated heterocycles. The van der Waals surface area contributed by atoms with E-state index < -0.39 is 72.0 Å². The minimum absolute atomic E-state index is 0.0454. The lowest BCUT2D eigenvalue weighted by molar-refractivity contribution is -0.143. The van der Waals surface area contributed by atoms with Gasteiger partial charge in [0.15, 0.2) is 0 Å². The minimum atomic E-state index is -5.15. The van der Waals surface area contributed by atoms with Gasteiger partial charge in [0.2, 0.25) is 11.8 Å². The Morgan fingerprint density at radius 1 is 0.978 bits per heavy atom. The average Bonchev–Trinajstić information content (AvgIpc) is 3.24. The molecule has 0 saturated carbocycles. The van der Waals surface area contributed by atoms with Crippen molar-refractivity contribution in [3.05, 3.63) is 75.9 Å². The van der Waals surface area contributed by atoms with Gasteiger partial charge in [-0.3, -0.25) is 9.59 Å². The molecule has 4 atom stereocenters. The Morgan fingerprint density at radius 3 is 2.22 bits per heavy atom. The Labute approximate surface area is 262 Å². The van der Waals surface area contributed by atoms with E-state index in [1.54, 1.807) is 18.2 Å². The number of hydrogen-bond donors (Lipinski definition) is 2. The highest BCUT2D eigenvalue weighted by Gasteiger charge is 2.57. The maximum Gasteiger partial charge on any atom is 0.455 e. The first-order chi connectivity index (χ1) is 21.6. The van der Waals surface area contributed by atoms with Crippen LogP contribution in [0.15, 0.2) is 59.2 Å².